The molecule has 1 atom stereocenters. The second-order valence-corrected chi connectivity index (χ2v) is 6.91. The Kier molecular flexibility index (Phi) is 5.13. The third-order valence-electron chi connectivity index (χ3n) is 3.25. The number of methoxy groups -OCH3 is 3. The van der Waals surface area contributed by atoms with E-state index in [9.17, 15) is 0 Å². The SMILES string of the molecule is COc1ccc(C(N)c2cc(C)c(Br)s2)c(OC)c1OC. The predicted octanol–water partition coefficient (Wildman–Crippen LogP) is 3.89. The van der Waals surface area contributed by atoms with Crippen molar-refractivity contribution in [3.63, 3.8) is 0 Å². The number of benzene rings is 1. The number of halogens is 1. The van der Waals surface area contributed by atoms with E-state index < -0.39 is 0 Å². The summed E-state index contributed by atoms with van der Waals surface area (Å²) in [6, 6.07) is 5.55. The third kappa shape index (κ3) is 3.02. The molecule has 0 aliphatic heterocycles. The zero-order valence-electron chi connectivity index (χ0n) is 12.4. The van der Waals surface area contributed by atoms with Crippen molar-refractivity contribution in [2.24, 2.45) is 5.73 Å². The molecule has 0 spiro atoms. The van der Waals surface area contributed by atoms with Gasteiger partial charge in [0.15, 0.2) is 11.5 Å². The molecule has 2 aromatic rings. The molecule has 1 heterocycles. The summed E-state index contributed by atoms with van der Waals surface area (Å²) in [5.41, 5.74) is 8.44. The van der Waals surface area contributed by atoms with Gasteiger partial charge in [-0.2, -0.15) is 0 Å². The Labute approximate surface area is 137 Å². The molecule has 6 heteroatoms. The van der Waals surface area contributed by atoms with Gasteiger partial charge in [0.2, 0.25) is 5.75 Å². The fourth-order valence-electron chi connectivity index (χ4n) is 2.16. The zero-order valence-corrected chi connectivity index (χ0v) is 14.8. The van der Waals surface area contributed by atoms with Crippen LogP contribution in [0, 0.1) is 6.92 Å². The lowest BCUT2D eigenvalue weighted by Crippen LogP contribution is -2.12. The number of aryl methyl sites for hydroxylation is 1. The Balaban J connectivity index is 2.52. The van der Waals surface area contributed by atoms with E-state index in [2.05, 4.69) is 22.0 Å². The summed E-state index contributed by atoms with van der Waals surface area (Å²) in [4.78, 5) is 1.06. The van der Waals surface area contributed by atoms with Crippen LogP contribution in [0.1, 0.15) is 22.0 Å². The number of rotatable bonds is 5. The molecule has 0 amide bonds. The van der Waals surface area contributed by atoms with Gasteiger partial charge >= 0.3 is 0 Å². The summed E-state index contributed by atoms with van der Waals surface area (Å²) in [5, 5.41) is 0. The summed E-state index contributed by atoms with van der Waals surface area (Å²) in [6.45, 7) is 2.04. The molecular weight excluding hydrogens is 354 g/mol. The molecule has 0 aliphatic rings. The molecule has 1 aromatic heterocycles. The zero-order chi connectivity index (χ0) is 15.6. The van der Waals surface area contributed by atoms with E-state index in [-0.39, 0.29) is 6.04 Å². The van der Waals surface area contributed by atoms with Crippen LogP contribution in [0.25, 0.3) is 0 Å². The lowest BCUT2D eigenvalue weighted by atomic mass is 10.0. The monoisotopic (exact) mass is 371 g/mol. The fraction of sp³-hybridized carbons (Fsp3) is 0.333. The van der Waals surface area contributed by atoms with Crippen molar-refractivity contribution in [1.29, 1.82) is 0 Å². The molecule has 0 saturated carbocycles. The van der Waals surface area contributed by atoms with Crippen LogP contribution in [0.3, 0.4) is 0 Å². The number of hydrogen-bond donors (Lipinski definition) is 1. The molecule has 2 rings (SSSR count). The number of nitrogens with two attached hydrogens (primary N) is 1. The maximum absolute atomic E-state index is 6.40. The molecule has 4 nitrogen and oxygen atoms in total. The van der Waals surface area contributed by atoms with Crippen molar-refractivity contribution < 1.29 is 14.2 Å². The maximum Gasteiger partial charge on any atom is 0.203 e. The van der Waals surface area contributed by atoms with Crippen LogP contribution >= 0.6 is 27.3 Å². The average molecular weight is 372 g/mol. The molecule has 0 fully saturated rings. The molecule has 21 heavy (non-hydrogen) atoms. The van der Waals surface area contributed by atoms with Crippen LogP contribution in [0.2, 0.25) is 0 Å². The van der Waals surface area contributed by atoms with Crippen molar-refractivity contribution in [2.45, 2.75) is 13.0 Å². The fourth-order valence-corrected chi connectivity index (χ4v) is 3.75. The second kappa shape index (κ2) is 6.68. The molecule has 1 aromatic carbocycles. The highest BCUT2D eigenvalue weighted by molar-refractivity contribution is 9.11. The second-order valence-electron chi connectivity index (χ2n) is 4.51. The Hall–Kier alpha value is -1.24. The van der Waals surface area contributed by atoms with E-state index in [0.717, 1.165) is 14.2 Å². The number of hydrogen-bond acceptors (Lipinski definition) is 5. The van der Waals surface area contributed by atoms with Gasteiger partial charge in [0.1, 0.15) is 0 Å². The van der Waals surface area contributed by atoms with Crippen molar-refractivity contribution in [1.82, 2.24) is 0 Å². The largest absolute Gasteiger partial charge is 0.493 e. The highest BCUT2D eigenvalue weighted by Gasteiger charge is 2.22. The summed E-state index contributed by atoms with van der Waals surface area (Å²) >= 11 is 5.15. The summed E-state index contributed by atoms with van der Waals surface area (Å²) < 4.78 is 17.3. The lowest BCUT2D eigenvalue weighted by Gasteiger charge is -2.19. The summed E-state index contributed by atoms with van der Waals surface area (Å²) in [7, 11) is 4.78. The minimum absolute atomic E-state index is 0.283. The maximum atomic E-state index is 6.40. The normalized spacial score (nSPS) is 12.1. The highest BCUT2D eigenvalue weighted by atomic mass is 79.9. The van der Waals surface area contributed by atoms with Crippen LogP contribution in [-0.4, -0.2) is 21.3 Å². The third-order valence-corrected chi connectivity index (χ3v) is 5.47. The minimum atomic E-state index is -0.283. The van der Waals surface area contributed by atoms with Gasteiger partial charge < -0.3 is 19.9 Å². The van der Waals surface area contributed by atoms with E-state index in [1.165, 1.54) is 5.56 Å². The van der Waals surface area contributed by atoms with Crippen LogP contribution < -0.4 is 19.9 Å². The molecular formula is C15H18BrNO3S. The first kappa shape index (κ1) is 16.1. The van der Waals surface area contributed by atoms with E-state index in [1.807, 2.05) is 19.1 Å². The van der Waals surface area contributed by atoms with Crippen LogP contribution in [-0.2, 0) is 0 Å². The van der Waals surface area contributed by atoms with Gasteiger partial charge in [-0.1, -0.05) is 0 Å². The highest BCUT2D eigenvalue weighted by Crippen LogP contribution is 2.44. The quantitative estimate of drug-likeness (QED) is 0.865. The first-order chi connectivity index (χ1) is 10.0. The Morgan fingerprint density at radius 1 is 1.10 bits per heavy atom. The van der Waals surface area contributed by atoms with Crippen molar-refractivity contribution in [3.05, 3.63) is 38.0 Å². The lowest BCUT2D eigenvalue weighted by molar-refractivity contribution is 0.321. The van der Waals surface area contributed by atoms with E-state index in [4.69, 9.17) is 19.9 Å². The standard InChI is InChI=1S/C15H18BrNO3S/c1-8-7-11(21-15(8)16)12(17)9-5-6-10(18-2)14(20-4)13(9)19-3/h5-7,12H,17H2,1-4H3. The van der Waals surface area contributed by atoms with Gasteiger partial charge in [0.25, 0.3) is 0 Å². The smallest absolute Gasteiger partial charge is 0.203 e. The average Bonchev–Trinajstić information content (AvgIpc) is 2.84. The van der Waals surface area contributed by atoms with Crippen molar-refractivity contribution in [2.75, 3.05) is 21.3 Å². The van der Waals surface area contributed by atoms with Gasteiger partial charge in [-0.15, -0.1) is 11.3 Å². The van der Waals surface area contributed by atoms with Crippen LogP contribution in [0.5, 0.6) is 17.2 Å². The van der Waals surface area contributed by atoms with Crippen molar-refractivity contribution in [3.8, 4) is 17.2 Å². The summed E-state index contributed by atoms with van der Waals surface area (Å²) in [5.74, 6) is 1.78. The number of ether oxygens (including phenoxy) is 3. The van der Waals surface area contributed by atoms with Gasteiger partial charge in [-0.05, 0) is 46.6 Å². The molecule has 0 radical (unpaired) electrons. The van der Waals surface area contributed by atoms with E-state index >= 15 is 0 Å². The van der Waals surface area contributed by atoms with E-state index in [1.54, 1.807) is 32.7 Å². The topological polar surface area (TPSA) is 53.7 Å². The van der Waals surface area contributed by atoms with Crippen molar-refractivity contribution >= 4 is 27.3 Å². The van der Waals surface area contributed by atoms with Gasteiger partial charge in [-0.3, -0.25) is 0 Å². The molecule has 0 aliphatic carbocycles. The molecule has 0 saturated heterocycles. The predicted molar refractivity (Wildman–Crippen MR) is 88.9 cm³/mol. The molecule has 114 valence electrons. The molecule has 0 bridgehead atoms. The van der Waals surface area contributed by atoms with Crippen LogP contribution in [0.15, 0.2) is 22.0 Å². The van der Waals surface area contributed by atoms with Gasteiger partial charge in [0, 0.05) is 10.4 Å². The molecule has 2 N–H and O–H groups in total. The Bertz CT molecular complexity index is 623. The Morgan fingerprint density at radius 3 is 2.24 bits per heavy atom. The first-order valence-electron chi connectivity index (χ1n) is 6.33. The van der Waals surface area contributed by atoms with Crippen LogP contribution in [0.4, 0.5) is 0 Å². The van der Waals surface area contributed by atoms with Gasteiger partial charge in [0.05, 0.1) is 31.2 Å². The number of thiophene rings is 1. The first-order valence-corrected chi connectivity index (χ1v) is 7.94. The Morgan fingerprint density at radius 2 is 1.76 bits per heavy atom. The van der Waals surface area contributed by atoms with E-state index in [0.29, 0.717) is 17.2 Å². The minimum Gasteiger partial charge on any atom is -0.493 e. The summed E-state index contributed by atoms with van der Waals surface area (Å²) in [6.07, 6.45) is 0. The van der Waals surface area contributed by atoms with Gasteiger partial charge in [-0.25, -0.2) is 0 Å². The molecule has 1 unspecified atom stereocenters.